The second kappa shape index (κ2) is 8.08. The van der Waals surface area contributed by atoms with Crippen LogP contribution in [0, 0.1) is 6.92 Å². The minimum atomic E-state index is -0.418. The van der Waals surface area contributed by atoms with Crippen LogP contribution in [0.3, 0.4) is 0 Å². The number of nitrogens with zero attached hydrogens (tertiary/aromatic N) is 2. The second-order valence-corrected chi connectivity index (χ2v) is 7.20. The molecule has 7 nitrogen and oxygen atoms in total. The lowest BCUT2D eigenvalue weighted by Crippen LogP contribution is -2.30. The van der Waals surface area contributed by atoms with E-state index in [1.54, 1.807) is 19.9 Å². The van der Waals surface area contributed by atoms with Gasteiger partial charge in [0.15, 0.2) is 5.82 Å². The third-order valence-corrected chi connectivity index (χ3v) is 5.58. The summed E-state index contributed by atoms with van der Waals surface area (Å²) in [6, 6.07) is 4.55. The maximum atomic E-state index is 12.3. The number of rotatable bonds is 5. The van der Waals surface area contributed by atoms with Crippen LogP contribution in [0.1, 0.15) is 32.5 Å². The van der Waals surface area contributed by atoms with Crippen molar-refractivity contribution in [3.05, 3.63) is 50.6 Å². The standard InChI is InChI=1S/C17H14Cl2N4O3S/c1-3-26-17(25)13-8(2)12-14(20-7-21-16(12)27-13)22-23-15(24)9-4-5-10(18)11(19)6-9/h4-7H,3H2,1-2H3,(H,23,24)(H,20,21,22). The molecule has 0 radical (unpaired) electrons. The molecule has 2 N–H and O–H groups in total. The molecule has 1 amide bonds. The van der Waals surface area contributed by atoms with Gasteiger partial charge in [-0.25, -0.2) is 14.8 Å². The van der Waals surface area contributed by atoms with Crippen LogP contribution in [-0.4, -0.2) is 28.5 Å². The van der Waals surface area contributed by atoms with Crippen LogP contribution in [0.15, 0.2) is 24.5 Å². The van der Waals surface area contributed by atoms with Crippen LogP contribution in [-0.2, 0) is 4.74 Å². The first-order valence-corrected chi connectivity index (χ1v) is 9.42. The highest BCUT2D eigenvalue weighted by atomic mass is 35.5. The first-order chi connectivity index (χ1) is 12.9. The topological polar surface area (TPSA) is 93.2 Å². The molecule has 10 heteroatoms. The first-order valence-electron chi connectivity index (χ1n) is 7.85. The molecule has 0 aliphatic carbocycles. The largest absolute Gasteiger partial charge is 0.462 e. The fourth-order valence-corrected chi connectivity index (χ4v) is 3.72. The minimum absolute atomic E-state index is 0.279. The number of thiophene rings is 1. The van der Waals surface area contributed by atoms with E-state index in [1.807, 2.05) is 0 Å². The number of carbonyl (C=O) groups excluding carboxylic acids is 2. The van der Waals surface area contributed by atoms with Gasteiger partial charge in [-0.3, -0.25) is 15.6 Å². The lowest BCUT2D eigenvalue weighted by atomic mass is 10.2. The normalized spacial score (nSPS) is 10.7. The highest BCUT2D eigenvalue weighted by molar-refractivity contribution is 7.20. The van der Waals surface area contributed by atoms with Crippen molar-refractivity contribution in [2.45, 2.75) is 13.8 Å². The quantitative estimate of drug-likeness (QED) is 0.469. The molecule has 2 heterocycles. The van der Waals surface area contributed by atoms with Gasteiger partial charge in [-0.2, -0.15) is 0 Å². The van der Waals surface area contributed by atoms with Gasteiger partial charge < -0.3 is 4.74 Å². The zero-order valence-corrected chi connectivity index (χ0v) is 16.6. The van der Waals surface area contributed by atoms with Crippen molar-refractivity contribution in [2.24, 2.45) is 0 Å². The van der Waals surface area contributed by atoms with Crippen molar-refractivity contribution in [3.8, 4) is 0 Å². The zero-order chi connectivity index (χ0) is 19.6. The van der Waals surface area contributed by atoms with Crippen LogP contribution < -0.4 is 10.9 Å². The van der Waals surface area contributed by atoms with Gasteiger partial charge in [-0.1, -0.05) is 23.2 Å². The van der Waals surface area contributed by atoms with E-state index in [1.165, 1.54) is 29.8 Å². The average Bonchev–Trinajstić information content (AvgIpc) is 2.99. The molecule has 1 aromatic carbocycles. The van der Waals surface area contributed by atoms with Crippen molar-refractivity contribution in [1.82, 2.24) is 15.4 Å². The summed E-state index contributed by atoms with van der Waals surface area (Å²) in [5, 5.41) is 1.28. The number of aryl methyl sites for hydroxylation is 1. The van der Waals surface area contributed by atoms with Gasteiger partial charge >= 0.3 is 5.97 Å². The summed E-state index contributed by atoms with van der Waals surface area (Å²) in [5.74, 6) is -0.458. The molecule has 3 rings (SSSR count). The fourth-order valence-electron chi connectivity index (χ4n) is 2.38. The van der Waals surface area contributed by atoms with E-state index in [2.05, 4.69) is 20.8 Å². The molecule has 0 aliphatic heterocycles. The molecule has 0 fully saturated rings. The Morgan fingerprint density at radius 2 is 2.00 bits per heavy atom. The van der Waals surface area contributed by atoms with E-state index < -0.39 is 11.9 Å². The van der Waals surface area contributed by atoms with Crippen molar-refractivity contribution in [1.29, 1.82) is 0 Å². The summed E-state index contributed by atoms with van der Waals surface area (Å²) in [5.41, 5.74) is 6.34. The summed E-state index contributed by atoms with van der Waals surface area (Å²) in [6.07, 6.45) is 1.35. The maximum absolute atomic E-state index is 12.3. The summed E-state index contributed by atoms with van der Waals surface area (Å²) in [6.45, 7) is 3.80. The van der Waals surface area contributed by atoms with E-state index in [0.29, 0.717) is 37.1 Å². The molecular weight excluding hydrogens is 411 g/mol. The SMILES string of the molecule is CCOC(=O)c1sc2ncnc(NNC(=O)c3ccc(Cl)c(Cl)c3)c2c1C. The zero-order valence-electron chi connectivity index (χ0n) is 14.3. The number of ether oxygens (including phenoxy) is 1. The Hall–Kier alpha value is -2.42. The van der Waals surface area contributed by atoms with Crippen LogP contribution >= 0.6 is 34.5 Å². The third-order valence-electron chi connectivity index (χ3n) is 3.66. The van der Waals surface area contributed by atoms with Gasteiger partial charge in [0.25, 0.3) is 5.91 Å². The molecule has 3 aromatic rings. The monoisotopic (exact) mass is 424 g/mol. The van der Waals surface area contributed by atoms with Crippen molar-refractivity contribution in [3.63, 3.8) is 0 Å². The van der Waals surface area contributed by atoms with E-state index >= 15 is 0 Å². The molecular formula is C17H14Cl2N4O3S. The molecule has 27 heavy (non-hydrogen) atoms. The number of amides is 1. The number of fused-ring (bicyclic) bond motifs is 1. The summed E-state index contributed by atoms with van der Waals surface area (Å²) < 4.78 is 5.06. The van der Waals surface area contributed by atoms with Gasteiger partial charge in [-0.05, 0) is 37.6 Å². The van der Waals surface area contributed by atoms with Gasteiger partial charge in [0.2, 0.25) is 0 Å². The number of hydrazine groups is 1. The van der Waals surface area contributed by atoms with Gasteiger partial charge in [-0.15, -0.1) is 11.3 Å². The number of hydrogen-bond donors (Lipinski definition) is 2. The molecule has 2 aromatic heterocycles. The van der Waals surface area contributed by atoms with E-state index in [0.717, 1.165) is 0 Å². The molecule has 0 unspecified atom stereocenters. The van der Waals surface area contributed by atoms with E-state index in [-0.39, 0.29) is 11.6 Å². The summed E-state index contributed by atoms with van der Waals surface area (Å²) >= 11 is 13.0. The Balaban J connectivity index is 1.85. The highest BCUT2D eigenvalue weighted by Crippen LogP contribution is 2.33. The third kappa shape index (κ3) is 3.97. The molecule has 0 atom stereocenters. The maximum Gasteiger partial charge on any atom is 0.348 e. The second-order valence-electron chi connectivity index (χ2n) is 5.39. The van der Waals surface area contributed by atoms with Crippen LogP contribution in [0.4, 0.5) is 5.82 Å². The minimum Gasteiger partial charge on any atom is -0.462 e. The van der Waals surface area contributed by atoms with Gasteiger partial charge in [0, 0.05) is 5.56 Å². The Kier molecular flexibility index (Phi) is 5.79. The number of anilines is 1. The molecule has 0 aliphatic rings. The Morgan fingerprint density at radius 1 is 1.22 bits per heavy atom. The van der Waals surface area contributed by atoms with Crippen molar-refractivity contribution < 1.29 is 14.3 Å². The fraction of sp³-hybridized carbons (Fsp3) is 0.176. The number of hydrogen-bond acceptors (Lipinski definition) is 7. The molecule has 0 spiro atoms. The van der Waals surface area contributed by atoms with Crippen LogP contribution in [0.5, 0.6) is 0 Å². The Labute approximate surface area is 168 Å². The number of nitrogens with one attached hydrogen (secondary N) is 2. The smallest absolute Gasteiger partial charge is 0.348 e. The molecule has 0 bridgehead atoms. The van der Waals surface area contributed by atoms with Crippen LogP contribution in [0.25, 0.3) is 10.2 Å². The van der Waals surface area contributed by atoms with Gasteiger partial charge in [0.05, 0.1) is 22.0 Å². The number of aromatic nitrogens is 2. The van der Waals surface area contributed by atoms with Crippen LogP contribution in [0.2, 0.25) is 10.0 Å². The predicted molar refractivity (Wildman–Crippen MR) is 106 cm³/mol. The Bertz CT molecular complexity index is 1040. The number of esters is 1. The highest BCUT2D eigenvalue weighted by Gasteiger charge is 2.20. The first kappa shape index (κ1) is 19.3. The van der Waals surface area contributed by atoms with Crippen molar-refractivity contribution in [2.75, 3.05) is 12.0 Å². The van der Waals surface area contributed by atoms with E-state index in [4.69, 9.17) is 27.9 Å². The lowest BCUT2D eigenvalue weighted by Gasteiger charge is -2.09. The van der Waals surface area contributed by atoms with E-state index in [9.17, 15) is 9.59 Å². The van der Waals surface area contributed by atoms with Crippen molar-refractivity contribution >= 4 is 62.4 Å². The average molecular weight is 425 g/mol. The molecule has 0 saturated carbocycles. The van der Waals surface area contributed by atoms with Gasteiger partial charge in [0.1, 0.15) is 16.0 Å². The molecule has 0 saturated heterocycles. The molecule has 140 valence electrons. The number of benzene rings is 1. The Morgan fingerprint density at radius 3 is 2.70 bits per heavy atom. The summed E-state index contributed by atoms with van der Waals surface area (Å²) in [7, 11) is 0. The summed E-state index contributed by atoms with van der Waals surface area (Å²) in [4.78, 5) is 33.8. The lowest BCUT2D eigenvalue weighted by molar-refractivity contribution is 0.0531. The number of halogens is 2. The number of carbonyl (C=O) groups is 2. The predicted octanol–water partition coefficient (Wildman–Crippen LogP) is 4.24.